The zero-order valence-corrected chi connectivity index (χ0v) is 27.2. The highest BCUT2D eigenvalue weighted by Crippen LogP contribution is 2.32. The predicted octanol–water partition coefficient (Wildman–Crippen LogP) is 3.85. The number of fused-ring (bicyclic) bond motifs is 1. The van der Waals surface area contributed by atoms with Gasteiger partial charge in [0.1, 0.15) is 29.5 Å². The summed E-state index contributed by atoms with van der Waals surface area (Å²) in [6.07, 6.45) is 6.35. The molecular formula is C34H38ClF2N7O4. The Kier molecular flexibility index (Phi) is 11.0. The molecule has 1 saturated carbocycles. The van der Waals surface area contributed by atoms with Crippen molar-refractivity contribution in [2.75, 3.05) is 25.0 Å². The molecule has 2 saturated heterocycles. The van der Waals surface area contributed by atoms with Crippen LogP contribution in [0.5, 0.6) is 0 Å². The van der Waals surface area contributed by atoms with Crippen LogP contribution in [-0.2, 0) is 14.4 Å². The summed E-state index contributed by atoms with van der Waals surface area (Å²) in [6.45, 7) is 1.77. The Labute approximate surface area is 282 Å². The largest absolute Gasteiger partial charge is 0.346 e. The molecule has 6 rings (SSSR count). The average molecular weight is 682 g/mol. The molecule has 11 nitrogen and oxygen atoms in total. The number of halogens is 3. The molecule has 14 heteroatoms. The van der Waals surface area contributed by atoms with Crippen LogP contribution in [0, 0.1) is 11.7 Å². The number of likely N-dealkylation sites (tertiary alicyclic amines) is 1. The fourth-order valence-corrected chi connectivity index (χ4v) is 5.95. The zero-order chi connectivity index (χ0) is 33.1. The molecule has 0 unspecified atom stereocenters. The Morgan fingerprint density at radius 3 is 2.62 bits per heavy atom. The quantitative estimate of drug-likeness (QED) is 0.254. The highest BCUT2D eigenvalue weighted by Gasteiger charge is 2.40. The molecular weight excluding hydrogens is 644 g/mol. The Morgan fingerprint density at radius 2 is 1.88 bits per heavy atom. The standard InChI is InChI=1S/C34H37F2N7O4.ClH/c1-19(31-21(7-6-20-4-5-20)9-13-29(41-31)42-33(46)26-3-2-14-37-26)39-34(47)28-16-24(36)18-43(28)30(44)17-38-32(45)27-11-8-22-15-23(35)10-12-25(22)40-27;/h6-13,15,19-20,24,26,28,37H,2-5,14,16-18H2,1H3,(H,38,45)(H,39,47)(H,41,42,46);1H/b7-6+;/t19-,24-,26+,28+;/m1./s1. The fourth-order valence-electron chi connectivity index (χ4n) is 5.95. The minimum atomic E-state index is -1.42. The molecule has 0 bridgehead atoms. The fraction of sp³-hybridized carbons (Fsp3) is 0.412. The van der Waals surface area contributed by atoms with Crippen LogP contribution in [0.3, 0.4) is 0 Å². The lowest BCUT2D eigenvalue weighted by atomic mass is 10.1. The number of allylic oxidation sites excluding steroid dienone is 1. The van der Waals surface area contributed by atoms with Crippen molar-refractivity contribution in [3.8, 4) is 0 Å². The van der Waals surface area contributed by atoms with Gasteiger partial charge in [-0.1, -0.05) is 18.2 Å². The van der Waals surface area contributed by atoms with Crippen molar-refractivity contribution in [3.63, 3.8) is 0 Å². The molecule has 3 aromatic rings. The number of hydrogen-bond donors (Lipinski definition) is 4. The normalized spacial score (nSPS) is 21.1. The van der Waals surface area contributed by atoms with Crippen LogP contribution >= 0.6 is 12.4 Å². The summed E-state index contributed by atoms with van der Waals surface area (Å²) < 4.78 is 28.1. The molecule has 4 atom stereocenters. The molecule has 1 aliphatic carbocycles. The number of aromatic nitrogens is 2. The van der Waals surface area contributed by atoms with Gasteiger partial charge in [0, 0.05) is 11.8 Å². The van der Waals surface area contributed by atoms with E-state index in [0.717, 1.165) is 42.7 Å². The lowest BCUT2D eigenvalue weighted by molar-refractivity contribution is -0.138. The number of benzene rings is 1. The van der Waals surface area contributed by atoms with E-state index in [0.29, 0.717) is 28.3 Å². The first-order chi connectivity index (χ1) is 22.6. The van der Waals surface area contributed by atoms with Crippen molar-refractivity contribution in [1.29, 1.82) is 0 Å². The predicted molar refractivity (Wildman–Crippen MR) is 179 cm³/mol. The number of nitrogens with zero attached hydrogens (tertiary/aromatic N) is 3. The minimum Gasteiger partial charge on any atom is -0.346 e. The molecule has 2 aliphatic heterocycles. The van der Waals surface area contributed by atoms with E-state index in [-0.39, 0.29) is 43.0 Å². The van der Waals surface area contributed by atoms with E-state index in [2.05, 4.69) is 37.3 Å². The highest BCUT2D eigenvalue weighted by molar-refractivity contribution is 5.98. The van der Waals surface area contributed by atoms with E-state index in [1.54, 1.807) is 19.1 Å². The third kappa shape index (κ3) is 8.32. The third-order valence-electron chi connectivity index (χ3n) is 8.68. The summed E-state index contributed by atoms with van der Waals surface area (Å²) >= 11 is 0. The summed E-state index contributed by atoms with van der Waals surface area (Å²) in [4.78, 5) is 62.1. The van der Waals surface area contributed by atoms with Gasteiger partial charge in [0.05, 0.1) is 36.4 Å². The number of pyridine rings is 2. The number of anilines is 1. The Balaban J connectivity index is 0.00000451. The van der Waals surface area contributed by atoms with Gasteiger partial charge < -0.3 is 26.2 Å². The van der Waals surface area contributed by atoms with Crippen molar-refractivity contribution in [2.24, 2.45) is 5.92 Å². The summed E-state index contributed by atoms with van der Waals surface area (Å²) in [5, 5.41) is 11.9. The van der Waals surface area contributed by atoms with E-state index >= 15 is 0 Å². The topological polar surface area (TPSA) is 145 Å². The van der Waals surface area contributed by atoms with E-state index < -0.39 is 48.3 Å². The summed E-state index contributed by atoms with van der Waals surface area (Å²) in [5.41, 5.74) is 1.75. The maximum Gasteiger partial charge on any atom is 0.270 e. The number of rotatable bonds is 10. The number of amides is 4. The second-order valence-corrected chi connectivity index (χ2v) is 12.3. The first-order valence-electron chi connectivity index (χ1n) is 16.0. The first-order valence-corrected chi connectivity index (χ1v) is 16.0. The molecule has 48 heavy (non-hydrogen) atoms. The summed E-state index contributed by atoms with van der Waals surface area (Å²) in [5.74, 6) is -1.55. The van der Waals surface area contributed by atoms with Crippen molar-refractivity contribution < 1.29 is 28.0 Å². The smallest absolute Gasteiger partial charge is 0.270 e. The van der Waals surface area contributed by atoms with Gasteiger partial charge in [-0.25, -0.2) is 18.7 Å². The van der Waals surface area contributed by atoms with Gasteiger partial charge >= 0.3 is 0 Å². The van der Waals surface area contributed by atoms with E-state index in [1.807, 2.05) is 12.1 Å². The molecule has 4 amide bonds. The van der Waals surface area contributed by atoms with Gasteiger partial charge in [0.2, 0.25) is 17.7 Å². The molecule has 0 spiro atoms. The van der Waals surface area contributed by atoms with Gasteiger partial charge in [0.15, 0.2) is 0 Å². The maximum atomic E-state index is 14.6. The molecule has 2 aromatic heterocycles. The highest BCUT2D eigenvalue weighted by atomic mass is 35.5. The average Bonchev–Trinajstić information content (AvgIpc) is 3.54. The molecule has 1 aromatic carbocycles. The molecule has 4 heterocycles. The minimum absolute atomic E-state index is 0. The lowest BCUT2D eigenvalue weighted by Gasteiger charge is -2.26. The van der Waals surface area contributed by atoms with Crippen molar-refractivity contribution in [2.45, 2.75) is 63.3 Å². The van der Waals surface area contributed by atoms with Crippen molar-refractivity contribution in [3.05, 3.63) is 71.3 Å². The molecule has 0 radical (unpaired) electrons. The molecule has 254 valence electrons. The third-order valence-corrected chi connectivity index (χ3v) is 8.68. The summed E-state index contributed by atoms with van der Waals surface area (Å²) in [7, 11) is 0. The number of carbonyl (C=O) groups is 4. The van der Waals surface area contributed by atoms with Crippen LogP contribution in [0.25, 0.3) is 17.0 Å². The van der Waals surface area contributed by atoms with Crippen molar-refractivity contribution in [1.82, 2.24) is 30.8 Å². The van der Waals surface area contributed by atoms with Crippen molar-refractivity contribution >= 4 is 58.8 Å². The Bertz CT molecular complexity index is 1730. The molecule has 3 aliphatic rings. The monoisotopic (exact) mass is 681 g/mol. The maximum absolute atomic E-state index is 14.6. The second kappa shape index (κ2) is 15.2. The first kappa shape index (κ1) is 34.8. The number of carbonyl (C=O) groups excluding carboxylic acids is 4. The van der Waals surface area contributed by atoms with E-state index in [1.165, 1.54) is 24.3 Å². The van der Waals surface area contributed by atoms with Crippen LogP contribution in [0.4, 0.5) is 14.6 Å². The molecule has 4 N–H and O–H groups in total. The Hall–Kier alpha value is -4.49. The zero-order valence-electron chi connectivity index (χ0n) is 26.4. The lowest BCUT2D eigenvalue weighted by Crippen LogP contribution is -2.49. The van der Waals surface area contributed by atoms with E-state index in [9.17, 15) is 28.0 Å². The Morgan fingerprint density at radius 1 is 1.06 bits per heavy atom. The SMILES string of the molecule is C[C@@H](NC(=O)[C@@H]1C[C@@H](F)CN1C(=O)CNC(=O)c1ccc2cc(F)ccc2n1)c1nc(NC(=O)[C@@H]2CCCN2)ccc1/C=C/C1CC1.Cl. The van der Waals surface area contributed by atoms with Crippen LogP contribution in [0.15, 0.2) is 48.5 Å². The van der Waals surface area contributed by atoms with Gasteiger partial charge in [-0.3, -0.25) is 19.2 Å². The van der Waals surface area contributed by atoms with Gasteiger partial charge in [-0.2, -0.15) is 0 Å². The van der Waals surface area contributed by atoms with Crippen LogP contribution < -0.4 is 21.3 Å². The van der Waals surface area contributed by atoms with E-state index in [4.69, 9.17) is 0 Å². The summed E-state index contributed by atoms with van der Waals surface area (Å²) in [6, 6.07) is 8.51. The van der Waals surface area contributed by atoms with Crippen LogP contribution in [0.1, 0.15) is 66.8 Å². The number of hydrogen-bond acceptors (Lipinski definition) is 7. The second-order valence-electron chi connectivity index (χ2n) is 12.3. The molecule has 3 fully saturated rings. The van der Waals surface area contributed by atoms with Gasteiger partial charge in [0.25, 0.3) is 5.91 Å². The van der Waals surface area contributed by atoms with Gasteiger partial charge in [-0.05, 0) is 87.0 Å². The van der Waals surface area contributed by atoms with Gasteiger partial charge in [-0.15, -0.1) is 12.4 Å². The number of alkyl halides is 1. The number of nitrogens with one attached hydrogen (secondary N) is 4. The van der Waals surface area contributed by atoms with Crippen LogP contribution in [0.2, 0.25) is 0 Å². The van der Waals surface area contributed by atoms with Crippen LogP contribution in [-0.4, -0.2) is 76.4 Å².